The number of carboxylic acid groups (broad SMARTS) is 1. The average Bonchev–Trinajstić information content (AvgIpc) is 2.95. The number of carboxylic acids is 1. The lowest BCUT2D eigenvalue weighted by atomic mass is 10.1. The minimum atomic E-state index is -1.05. The van der Waals surface area contributed by atoms with Crippen LogP contribution in [-0.2, 0) is 9.53 Å². The second-order valence-corrected chi connectivity index (χ2v) is 7.18. The Labute approximate surface area is 150 Å². The molecule has 2 aromatic rings. The summed E-state index contributed by atoms with van der Waals surface area (Å²) in [5, 5.41) is 10.1. The molecule has 0 spiro atoms. The Hall–Kier alpha value is -2.25. The van der Waals surface area contributed by atoms with Gasteiger partial charge in [-0.1, -0.05) is 23.8 Å². The van der Waals surface area contributed by atoms with Gasteiger partial charge >= 0.3 is 5.97 Å². The van der Waals surface area contributed by atoms with Gasteiger partial charge in [0, 0.05) is 12.1 Å². The SMILES string of the molecule is Cc1ccc(-c2nc(C)c(C(=O)N3CCOC[C@H]3C(=O)O)s2)c(C)c1. The van der Waals surface area contributed by atoms with E-state index in [4.69, 9.17) is 4.74 Å². The molecular weight excluding hydrogens is 340 g/mol. The molecule has 1 amide bonds. The van der Waals surface area contributed by atoms with Crippen LogP contribution in [0.1, 0.15) is 26.5 Å². The van der Waals surface area contributed by atoms with Crippen LogP contribution in [0.25, 0.3) is 10.6 Å². The maximum absolute atomic E-state index is 12.9. The predicted molar refractivity (Wildman–Crippen MR) is 95.0 cm³/mol. The molecule has 0 saturated carbocycles. The third-order valence-electron chi connectivity index (χ3n) is 4.28. The largest absolute Gasteiger partial charge is 0.480 e. The number of carbonyl (C=O) groups is 2. The van der Waals surface area contributed by atoms with Crippen LogP contribution in [0, 0.1) is 20.8 Å². The monoisotopic (exact) mass is 360 g/mol. The van der Waals surface area contributed by atoms with E-state index in [1.807, 2.05) is 26.0 Å². The van der Waals surface area contributed by atoms with Gasteiger partial charge in [-0.2, -0.15) is 0 Å². The normalized spacial score (nSPS) is 17.6. The molecular formula is C18H20N2O4S. The number of ether oxygens (including phenoxy) is 1. The zero-order valence-corrected chi connectivity index (χ0v) is 15.2. The topological polar surface area (TPSA) is 79.7 Å². The average molecular weight is 360 g/mol. The van der Waals surface area contributed by atoms with E-state index in [0.717, 1.165) is 16.1 Å². The Morgan fingerprint density at radius 1 is 1.32 bits per heavy atom. The van der Waals surface area contributed by atoms with Gasteiger partial charge in [0.05, 0.1) is 18.9 Å². The highest BCUT2D eigenvalue weighted by Crippen LogP contribution is 2.32. The van der Waals surface area contributed by atoms with Crippen molar-refractivity contribution in [1.29, 1.82) is 0 Å². The summed E-state index contributed by atoms with van der Waals surface area (Å²) < 4.78 is 5.20. The van der Waals surface area contributed by atoms with Gasteiger partial charge in [0.15, 0.2) is 6.04 Å². The molecule has 132 valence electrons. The van der Waals surface area contributed by atoms with Crippen molar-refractivity contribution in [2.45, 2.75) is 26.8 Å². The molecule has 7 heteroatoms. The van der Waals surface area contributed by atoms with Crippen molar-refractivity contribution >= 4 is 23.2 Å². The second-order valence-electron chi connectivity index (χ2n) is 6.18. The fourth-order valence-electron chi connectivity index (χ4n) is 2.95. The maximum Gasteiger partial charge on any atom is 0.328 e. The zero-order valence-electron chi connectivity index (χ0n) is 14.4. The Bertz CT molecular complexity index is 830. The number of nitrogens with zero attached hydrogens (tertiary/aromatic N) is 2. The van der Waals surface area contributed by atoms with Crippen molar-refractivity contribution in [2.24, 2.45) is 0 Å². The molecule has 1 saturated heterocycles. The molecule has 0 radical (unpaired) electrons. The number of rotatable bonds is 3. The van der Waals surface area contributed by atoms with Gasteiger partial charge in [-0.25, -0.2) is 9.78 Å². The molecule has 3 rings (SSSR count). The third-order valence-corrected chi connectivity index (χ3v) is 5.46. The first-order valence-corrected chi connectivity index (χ1v) is 8.86. The van der Waals surface area contributed by atoms with Crippen LogP contribution in [0.3, 0.4) is 0 Å². The van der Waals surface area contributed by atoms with Gasteiger partial charge in [0.25, 0.3) is 5.91 Å². The van der Waals surface area contributed by atoms with Gasteiger partial charge < -0.3 is 14.7 Å². The maximum atomic E-state index is 12.9. The predicted octanol–water partition coefficient (Wildman–Crippen LogP) is 2.66. The van der Waals surface area contributed by atoms with Crippen LogP contribution in [0.5, 0.6) is 0 Å². The van der Waals surface area contributed by atoms with E-state index in [2.05, 4.69) is 11.1 Å². The number of benzene rings is 1. The first-order chi connectivity index (χ1) is 11.9. The molecule has 1 aliphatic rings. The summed E-state index contributed by atoms with van der Waals surface area (Å²) >= 11 is 1.31. The summed E-state index contributed by atoms with van der Waals surface area (Å²) in [6.07, 6.45) is 0. The van der Waals surface area contributed by atoms with Crippen molar-refractivity contribution in [3.05, 3.63) is 39.9 Å². The molecule has 0 unspecified atom stereocenters. The third kappa shape index (κ3) is 3.43. The fourth-order valence-corrected chi connectivity index (χ4v) is 4.06. The van der Waals surface area contributed by atoms with E-state index in [0.29, 0.717) is 17.2 Å². The lowest BCUT2D eigenvalue weighted by Gasteiger charge is -2.32. The fraction of sp³-hybridized carbons (Fsp3) is 0.389. The Morgan fingerprint density at radius 2 is 2.08 bits per heavy atom. The molecule has 2 heterocycles. The smallest absolute Gasteiger partial charge is 0.328 e. The van der Waals surface area contributed by atoms with E-state index < -0.39 is 12.0 Å². The van der Waals surface area contributed by atoms with Crippen molar-refractivity contribution in [3.8, 4) is 10.6 Å². The molecule has 25 heavy (non-hydrogen) atoms. The minimum Gasteiger partial charge on any atom is -0.480 e. The summed E-state index contributed by atoms with van der Waals surface area (Å²) in [4.78, 5) is 30.7. The number of hydrogen-bond acceptors (Lipinski definition) is 5. The van der Waals surface area contributed by atoms with Crippen molar-refractivity contribution in [1.82, 2.24) is 9.88 Å². The number of morpholine rings is 1. The summed E-state index contributed by atoms with van der Waals surface area (Å²) in [6.45, 7) is 6.46. The number of aromatic nitrogens is 1. The molecule has 1 N–H and O–H groups in total. The molecule has 1 aromatic heterocycles. The number of amides is 1. The number of aliphatic carboxylic acids is 1. The van der Waals surface area contributed by atoms with E-state index in [9.17, 15) is 14.7 Å². The quantitative estimate of drug-likeness (QED) is 0.910. The minimum absolute atomic E-state index is 0.0167. The molecule has 1 aliphatic heterocycles. The lowest BCUT2D eigenvalue weighted by Crippen LogP contribution is -2.52. The number of thiazole rings is 1. The Balaban J connectivity index is 1.94. The summed E-state index contributed by atoms with van der Waals surface area (Å²) in [6, 6.07) is 5.15. The van der Waals surface area contributed by atoms with Crippen molar-refractivity contribution in [2.75, 3.05) is 19.8 Å². The highest BCUT2D eigenvalue weighted by Gasteiger charge is 2.34. The van der Waals surface area contributed by atoms with Gasteiger partial charge in [-0.05, 0) is 26.3 Å². The van der Waals surface area contributed by atoms with Gasteiger partial charge in [0.1, 0.15) is 9.88 Å². The molecule has 1 atom stereocenters. The van der Waals surface area contributed by atoms with E-state index in [-0.39, 0.29) is 19.1 Å². The van der Waals surface area contributed by atoms with Crippen LogP contribution >= 0.6 is 11.3 Å². The van der Waals surface area contributed by atoms with Gasteiger partial charge in [-0.15, -0.1) is 11.3 Å². The molecule has 1 fully saturated rings. The summed E-state index contributed by atoms with van der Waals surface area (Å²) in [5.74, 6) is -1.34. The Kier molecular flexibility index (Phi) is 4.87. The van der Waals surface area contributed by atoms with Crippen LogP contribution in [0.4, 0.5) is 0 Å². The number of aryl methyl sites for hydroxylation is 3. The lowest BCUT2D eigenvalue weighted by molar-refractivity contribution is -0.147. The van der Waals surface area contributed by atoms with E-state index in [1.54, 1.807) is 6.92 Å². The van der Waals surface area contributed by atoms with Crippen LogP contribution in [-0.4, -0.2) is 52.7 Å². The molecule has 0 aliphatic carbocycles. The standard InChI is InChI=1S/C18H20N2O4S/c1-10-4-5-13(11(2)8-10)16-19-12(3)15(25-16)17(21)20-6-7-24-9-14(20)18(22)23/h4-5,8,14H,6-7,9H2,1-3H3,(H,22,23)/t14-/m0/s1. The first kappa shape index (κ1) is 17.6. The highest BCUT2D eigenvalue weighted by molar-refractivity contribution is 7.17. The number of carbonyl (C=O) groups excluding carboxylic acids is 1. The van der Waals surface area contributed by atoms with Crippen LogP contribution in [0.2, 0.25) is 0 Å². The Morgan fingerprint density at radius 3 is 2.76 bits per heavy atom. The van der Waals surface area contributed by atoms with Crippen LogP contribution < -0.4 is 0 Å². The molecule has 1 aromatic carbocycles. The molecule has 6 nitrogen and oxygen atoms in total. The van der Waals surface area contributed by atoms with Crippen molar-refractivity contribution < 1.29 is 19.4 Å². The highest BCUT2D eigenvalue weighted by atomic mass is 32.1. The zero-order chi connectivity index (χ0) is 18.1. The van der Waals surface area contributed by atoms with Crippen LogP contribution in [0.15, 0.2) is 18.2 Å². The first-order valence-electron chi connectivity index (χ1n) is 8.05. The second kappa shape index (κ2) is 6.93. The molecule has 0 bridgehead atoms. The summed E-state index contributed by atoms with van der Waals surface area (Å²) in [5.41, 5.74) is 3.89. The van der Waals surface area contributed by atoms with Gasteiger partial charge in [0.2, 0.25) is 0 Å². The van der Waals surface area contributed by atoms with E-state index in [1.165, 1.54) is 21.8 Å². The van der Waals surface area contributed by atoms with E-state index >= 15 is 0 Å². The van der Waals surface area contributed by atoms with Gasteiger partial charge in [-0.3, -0.25) is 4.79 Å². The van der Waals surface area contributed by atoms with Crippen molar-refractivity contribution in [3.63, 3.8) is 0 Å². The number of hydrogen-bond donors (Lipinski definition) is 1. The summed E-state index contributed by atoms with van der Waals surface area (Å²) in [7, 11) is 0.